The number of hydrogen-bond donors (Lipinski definition) is 1. The molecule has 8 nitrogen and oxygen atoms in total. The highest BCUT2D eigenvalue weighted by Crippen LogP contribution is 2.27. The van der Waals surface area contributed by atoms with E-state index in [1.807, 2.05) is 0 Å². The molecule has 20 heavy (non-hydrogen) atoms. The molecule has 1 aromatic carbocycles. The molecule has 0 unspecified atom stereocenters. The fraction of sp³-hybridized carbons (Fsp3) is 0.0833. The Morgan fingerprint density at radius 1 is 1.35 bits per heavy atom. The number of primary amides is 1. The third-order valence-electron chi connectivity index (χ3n) is 2.37. The maximum atomic E-state index is 10.8. The fourth-order valence-electron chi connectivity index (χ4n) is 1.50. The van der Waals surface area contributed by atoms with Gasteiger partial charge in [0.1, 0.15) is 18.3 Å². The number of ether oxygens (including phenoxy) is 1. The SMILES string of the molecule is NC(=O)Cc1ccc(Oc2ncncc2[N+](=O)[O-])cc1. The van der Waals surface area contributed by atoms with Crippen molar-refractivity contribution >= 4 is 11.6 Å². The Kier molecular flexibility index (Phi) is 3.85. The number of amides is 1. The molecule has 0 aliphatic rings. The minimum Gasteiger partial charge on any atom is -0.434 e. The maximum absolute atomic E-state index is 10.8. The number of carbonyl (C=O) groups is 1. The van der Waals surface area contributed by atoms with Gasteiger partial charge in [-0.2, -0.15) is 4.98 Å². The van der Waals surface area contributed by atoms with Crippen LogP contribution >= 0.6 is 0 Å². The van der Waals surface area contributed by atoms with Gasteiger partial charge in [-0.15, -0.1) is 0 Å². The van der Waals surface area contributed by atoms with Gasteiger partial charge in [-0.3, -0.25) is 14.9 Å². The zero-order valence-corrected chi connectivity index (χ0v) is 10.2. The zero-order valence-electron chi connectivity index (χ0n) is 10.2. The lowest BCUT2D eigenvalue weighted by molar-refractivity contribution is -0.386. The minimum atomic E-state index is -0.628. The summed E-state index contributed by atoms with van der Waals surface area (Å²) < 4.78 is 5.32. The van der Waals surface area contributed by atoms with Crippen molar-refractivity contribution in [1.29, 1.82) is 0 Å². The van der Waals surface area contributed by atoms with E-state index in [2.05, 4.69) is 9.97 Å². The van der Waals surface area contributed by atoms with Crippen LogP contribution in [0.25, 0.3) is 0 Å². The minimum absolute atomic E-state index is 0.119. The molecule has 2 N–H and O–H groups in total. The molecular formula is C12H10N4O4. The molecule has 102 valence electrons. The van der Waals surface area contributed by atoms with E-state index in [4.69, 9.17) is 10.5 Å². The third kappa shape index (κ3) is 3.25. The summed E-state index contributed by atoms with van der Waals surface area (Å²) in [5.74, 6) is -0.224. The number of aromatic nitrogens is 2. The third-order valence-corrected chi connectivity index (χ3v) is 2.37. The summed E-state index contributed by atoms with van der Waals surface area (Å²) in [7, 11) is 0. The van der Waals surface area contributed by atoms with Gasteiger partial charge < -0.3 is 10.5 Å². The van der Waals surface area contributed by atoms with Crippen LogP contribution in [0.1, 0.15) is 5.56 Å². The van der Waals surface area contributed by atoms with Crippen molar-refractivity contribution in [3.05, 3.63) is 52.5 Å². The first-order valence-corrected chi connectivity index (χ1v) is 5.56. The first kappa shape index (κ1) is 13.4. The van der Waals surface area contributed by atoms with Crippen LogP contribution in [0, 0.1) is 10.1 Å². The Hall–Kier alpha value is -3.03. The van der Waals surface area contributed by atoms with Crippen molar-refractivity contribution in [1.82, 2.24) is 9.97 Å². The van der Waals surface area contributed by atoms with Crippen LogP contribution in [0.4, 0.5) is 5.69 Å². The first-order chi connectivity index (χ1) is 9.56. The summed E-state index contributed by atoms with van der Waals surface area (Å²) >= 11 is 0. The largest absolute Gasteiger partial charge is 0.434 e. The molecule has 0 saturated carbocycles. The molecule has 0 atom stereocenters. The molecule has 8 heteroatoms. The van der Waals surface area contributed by atoms with E-state index in [-0.39, 0.29) is 18.0 Å². The normalized spacial score (nSPS) is 10.0. The quantitative estimate of drug-likeness (QED) is 0.645. The van der Waals surface area contributed by atoms with Crippen molar-refractivity contribution in [3.63, 3.8) is 0 Å². The second kappa shape index (κ2) is 5.74. The number of benzene rings is 1. The summed E-state index contributed by atoms with van der Waals surface area (Å²) in [4.78, 5) is 28.2. The highest BCUT2D eigenvalue weighted by molar-refractivity contribution is 5.76. The molecule has 1 amide bonds. The molecule has 0 radical (unpaired) electrons. The van der Waals surface area contributed by atoms with Gasteiger partial charge in [0.15, 0.2) is 0 Å². The average Bonchev–Trinajstić information content (AvgIpc) is 2.41. The van der Waals surface area contributed by atoms with Crippen molar-refractivity contribution in [3.8, 4) is 11.6 Å². The predicted octanol–water partition coefficient (Wildman–Crippen LogP) is 1.20. The summed E-state index contributed by atoms with van der Waals surface area (Å²) in [5, 5.41) is 10.8. The van der Waals surface area contributed by atoms with E-state index < -0.39 is 10.8 Å². The second-order valence-electron chi connectivity index (χ2n) is 3.86. The first-order valence-electron chi connectivity index (χ1n) is 5.56. The van der Waals surface area contributed by atoms with Gasteiger partial charge in [0.2, 0.25) is 5.91 Å². The molecule has 0 aliphatic heterocycles. The zero-order chi connectivity index (χ0) is 14.5. The summed E-state index contributed by atoms with van der Waals surface area (Å²) in [6.07, 6.45) is 2.33. The number of nitro groups is 1. The van der Waals surface area contributed by atoms with E-state index in [0.717, 1.165) is 18.1 Å². The lowest BCUT2D eigenvalue weighted by Crippen LogP contribution is -2.13. The number of rotatable bonds is 5. The molecule has 0 bridgehead atoms. The second-order valence-corrected chi connectivity index (χ2v) is 3.86. The molecule has 0 fully saturated rings. The Labute approximate surface area is 113 Å². The topological polar surface area (TPSA) is 121 Å². The van der Waals surface area contributed by atoms with E-state index >= 15 is 0 Å². The van der Waals surface area contributed by atoms with Crippen LogP contribution in [0.3, 0.4) is 0 Å². The molecule has 0 spiro atoms. The van der Waals surface area contributed by atoms with Gasteiger partial charge in [-0.25, -0.2) is 4.98 Å². The molecule has 2 rings (SSSR count). The van der Waals surface area contributed by atoms with Crippen LogP contribution in [-0.2, 0) is 11.2 Å². The monoisotopic (exact) mass is 274 g/mol. The van der Waals surface area contributed by atoms with Crippen molar-refractivity contribution in [2.24, 2.45) is 5.73 Å². The van der Waals surface area contributed by atoms with Crippen LogP contribution in [0.5, 0.6) is 11.6 Å². The van der Waals surface area contributed by atoms with Gasteiger partial charge in [-0.05, 0) is 17.7 Å². The molecular weight excluding hydrogens is 264 g/mol. The van der Waals surface area contributed by atoms with Crippen LogP contribution in [0.2, 0.25) is 0 Å². The highest BCUT2D eigenvalue weighted by atomic mass is 16.6. The molecule has 2 aromatic rings. The molecule has 0 saturated heterocycles. The lowest BCUT2D eigenvalue weighted by atomic mass is 10.1. The number of nitrogens with two attached hydrogens (primary N) is 1. The summed E-state index contributed by atoms with van der Waals surface area (Å²) in [6.45, 7) is 0. The predicted molar refractivity (Wildman–Crippen MR) is 68.1 cm³/mol. The highest BCUT2D eigenvalue weighted by Gasteiger charge is 2.17. The summed E-state index contributed by atoms with van der Waals surface area (Å²) in [6, 6.07) is 6.44. The summed E-state index contributed by atoms with van der Waals surface area (Å²) in [5.41, 5.74) is 5.48. The maximum Gasteiger partial charge on any atom is 0.349 e. The van der Waals surface area contributed by atoms with Crippen LogP contribution in [-0.4, -0.2) is 20.8 Å². The molecule has 1 heterocycles. The number of carbonyl (C=O) groups excluding carboxylic acids is 1. The van der Waals surface area contributed by atoms with E-state index in [0.29, 0.717) is 5.75 Å². The lowest BCUT2D eigenvalue weighted by Gasteiger charge is -2.05. The molecule has 0 aliphatic carbocycles. The number of nitrogens with zero attached hydrogens (tertiary/aromatic N) is 3. The van der Waals surface area contributed by atoms with Crippen LogP contribution < -0.4 is 10.5 Å². The van der Waals surface area contributed by atoms with Gasteiger partial charge in [0, 0.05) is 0 Å². The van der Waals surface area contributed by atoms with E-state index in [1.54, 1.807) is 24.3 Å². The Bertz CT molecular complexity index is 642. The van der Waals surface area contributed by atoms with Crippen LogP contribution in [0.15, 0.2) is 36.8 Å². The average molecular weight is 274 g/mol. The Morgan fingerprint density at radius 2 is 2.05 bits per heavy atom. The van der Waals surface area contributed by atoms with E-state index in [1.165, 1.54) is 0 Å². The Morgan fingerprint density at radius 3 is 2.65 bits per heavy atom. The standard InChI is InChI=1S/C12H10N4O4/c13-11(17)5-8-1-3-9(4-2-8)20-12-10(16(18)19)6-14-7-15-12/h1-4,6-7H,5H2,(H2,13,17). The van der Waals surface area contributed by atoms with Crippen molar-refractivity contribution in [2.75, 3.05) is 0 Å². The van der Waals surface area contributed by atoms with Gasteiger partial charge in [0.25, 0.3) is 0 Å². The van der Waals surface area contributed by atoms with Crippen molar-refractivity contribution < 1.29 is 14.5 Å². The van der Waals surface area contributed by atoms with Gasteiger partial charge in [-0.1, -0.05) is 12.1 Å². The number of hydrogen-bond acceptors (Lipinski definition) is 6. The van der Waals surface area contributed by atoms with Gasteiger partial charge >= 0.3 is 11.6 Å². The van der Waals surface area contributed by atoms with Gasteiger partial charge in [0.05, 0.1) is 11.3 Å². The Balaban J connectivity index is 2.18. The smallest absolute Gasteiger partial charge is 0.349 e. The fourth-order valence-corrected chi connectivity index (χ4v) is 1.50. The molecule has 1 aromatic heterocycles. The van der Waals surface area contributed by atoms with Crippen molar-refractivity contribution in [2.45, 2.75) is 6.42 Å². The van der Waals surface area contributed by atoms with E-state index in [9.17, 15) is 14.9 Å².